The molecular formula is C20H17N3. The van der Waals surface area contributed by atoms with Crippen LogP contribution in [0, 0.1) is 0 Å². The maximum atomic E-state index is 4.07. The van der Waals surface area contributed by atoms with Gasteiger partial charge in [-0.05, 0) is 30.3 Å². The Morgan fingerprint density at radius 2 is 1.52 bits per heavy atom. The van der Waals surface area contributed by atoms with Crippen LogP contribution in [0.4, 0.5) is 5.69 Å². The first-order valence-corrected chi connectivity index (χ1v) is 7.59. The van der Waals surface area contributed by atoms with Crippen molar-refractivity contribution >= 4 is 34.2 Å². The van der Waals surface area contributed by atoms with Crippen molar-refractivity contribution in [1.82, 2.24) is 4.57 Å². The number of anilines is 1. The molecular weight excluding hydrogens is 282 g/mol. The molecule has 1 heterocycles. The van der Waals surface area contributed by atoms with Gasteiger partial charge in [-0.2, -0.15) is 5.10 Å². The lowest BCUT2D eigenvalue weighted by molar-refractivity contribution is 1.04. The number of hydrazone groups is 1. The van der Waals surface area contributed by atoms with Crippen LogP contribution < -0.4 is 5.01 Å². The molecule has 1 aromatic heterocycles. The van der Waals surface area contributed by atoms with Crippen molar-refractivity contribution in [3.05, 3.63) is 72.8 Å². The summed E-state index contributed by atoms with van der Waals surface area (Å²) in [5.41, 5.74) is 4.58. The van der Waals surface area contributed by atoms with Gasteiger partial charge in [-0.1, -0.05) is 42.5 Å². The van der Waals surface area contributed by atoms with E-state index in [2.05, 4.69) is 83.1 Å². The molecule has 0 radical (unpaired) electrons. The monoisotopic (exact) mass is 299 g/mol. The molecule has 0 unspecified atom stereocenters. The molecule has 3 nitrogen and oxygen atoms in total. The Kier molecular flexibility index (Phi) is 3.12. The van der Waals surface area contributed by atoms with Crippen molar-refractivity contribution in [3.8, 4) is 5.69 Å². The van der Waals surface area contributed by atoms with Gasteiger partial charge < -0.3 is 4.57 Å². The lowest BCUT2D eigenvalue weighted by Crippen LogP contribution is -2.07. The highest BCUT2D eigenvalue weighted by Gasteiger charge is 2.15. The van der Waals surface area contributed by atoms with E-state index in [1.165, 1.54) is 21.8 Å². The molecule has 0 N–H and O–H groups in total. The van der Waals surface area contributed by atoms with Crippen LogP contribution >= 0.6 is 0 Å². The molecule has 0 aliphatic carbocycles. The summed E-state index contributed by atoms with van der Waals surface area (Å²) >= 11 is 0. The molecule has 3 aromatic carbocycles. The van der Waals surface area contributed by atoms with Crippen molar-refractivity contribution in [3.63, 3.8) is 0 Å². The number of fused-ring (bicyclic) bond motifs is 3. The first-order valence-electron chi connectivity index (χ1n) is 7.59. The molecule has 0 spiro atoms. The van der Waals surface area contributed by atoms with Gasteiger partial charge >= 0.3 is 0 Å². The normalized spacial score (nSPS) is 11.0. The number of para-hydroxylation sites is 2. The number of nitrogens with zero attached hydrogens (tertiary/aromatic N) is 3. The lowest BCUT2D eigenvalue weighted by atomic mass is 10.1. The van der Waals surface area contributed by atoms with Crippen molar-refractivity contribution < 1.29 is 0 Å². The van der Waals surface area contributed by atoms with Crippen LogP contribution in [-0.4, -0.2) is 18.3 Å². The molecule has 0 aliphatic heterocycles. The molecule has 0 fully saturated rings. The van der Waals surface area contributed by atoms with Gasteiger partial charge in [0.2, 0.25) is 0 Å². The fourth-order valence-electron chi connectivity index (χ4n) is 3.20. The number of rotatable bonds is 3. The Morgan fingerprint density at radius 1 is 0.826 bits per heavy atom. The largest absolute Gasteiger partial charge is 0.309 e. The van der Waals surface area contributed by atoms with E-state index in [0.717, 1.165) is 11.4 Å². The summed E-state index contributed by atoms with van der Waals surface area (Å²) in [6.45, 7) is 3.66. The van der Waals surface area contributed by atoms with Gasteiger partial charge in [0.15, 0.2) is 0 Å². The third-order valence-electron chi connectivity index (χ3n) is 4.25. The van der Waals surface area contributed by atoms with E-state index < -0.39 is 0 Å². The molecule has 0 bridgehead atoms. The zero-order valence-electron chi connectivity index (χ0n) is 13.0. The summed E-state index contributed by atoms with van der Waals surface area (Å²) in [6, 6.07) is 25.2. The topological polar surface area (TPSA) is 20.5 Å². The molecule has 0 saturated heterocycles. The zero-order chi connectivity index (χ0) is 15.8. The maximum absolute atomic E-state index is 4.07. The van der Waals surface area contributed by atoms with E-state index in [1.807, 2.05) is 18.1 Å². The summed E-state index contributed by atoms with van der Waals surface area (Å²) in [5.74, 6) is 0. The second-order valence-corrected chi connectivity index (χ2v) is 5.52. The summed E-state index contributed by atoms with van der Waals surface area (Å²) in [7, 11) is 1.93. The van der Waals surface area contributed by atoms with E-state index in [-0.39, 0.29) is 0 Å². The Balaban J connectivity index is 2.20. The molecule has 0 aliphatic rings. The third-order valence-corrected chi connectivity index (χ3v) is 4.25. The van der Waals surface area contributed by atoms with Gasteiger partial charge in [-0.25, -0.2) is 0 Å². The number of hydrogen-bond acceptors (Lipinski definition) is 2. The Labute approximate surface area is 135 Å². The van der Waals surface area contributed by atoms with Crippen LogP contribution in [0.5, 0.6) is 0 Å². The van der Waals surface area contributed by atoms with Gasteiger partial charge in [0.25, 0.3) is 0 Å². The van der Waals surface area contributed by atoms with Crippen LogP contribution in [0.3, 0.4) is 0 Å². The maximum Gasteiger partial charge on any atom is 0.0690 e. The minimum atomic E-state index is 1.06. The number of aromatic nitrogens is 1. The number of hydrogen-bond donors (Lipinski definition) is 0. The Morgan fingerprint density at radius 3 is 2.30 bits per heavy atom. The van der Waals surface area contributed by atoms with Crippen LogP contribution in [-0.2, 0) is 0 Å². The highest BCUT2D eigenvalue weighted by molar-refractivity contribution is 6.15. The predicted molar refractivity (Wildman–Crippen MR) is 98.7 cm³/mol. The summed E-state index contributed by atoms with van der Waals surface area (Å²) < 4.78 is 2.30. The van der Waals surface area contributed by atoms with Gasteiger partial charge in [0, 0.05) is 30.2 Å². The highest BCUT2D eigenvalue weighted by Crippen LogP contribution is 2.37. The average Bonchev–Trinajstić information content (AvgIpc) is 2.96. The first kappa shape index (κ1) is 13.6. The molecule has 23 heavy (non-hydrogen) atoms. The second kappa shape index (κ2) is 5.29. The lowest BCUT2D eigenvalue weighted by Gasteiger charge is -2.14. The van der Waals surface area contributed by atoms with Gasteiger partial charge in [-0.15, -0.1) is 0 Å². The van der Waals surface area contributed by atoms with Crippen LogP contribution in [0.15, 0.2) is 77.9 Å². The van der Waals surface area contributed by atoms with Gasteiger partial charge in [0.05, 0.1) is 16.7 Å². The minimum Gasteiger partial charge on any atom is -0.309 e. The fourth-order valence-corrected chi connectivity index (χ4v) is 3.20. The minimum absolute atomic E-state index is 1.06. The predicted octanol–water partition coefficient (Wildman–Crippen LogP) is 4.84. The molecule has 112 valence electrons. The van der Waals surface area contributed by atoms with Crippen molar-refractivity contribution in [2.45, 2.75) is 0 Å². The average molecular weight is 299 g/mol. The molecule has 4 rings (SSSR count). The second-order valence-electron chi connectivity index (χ2n) is 5.52. The molecule has 0 atom stereocenters. The Hall–Kier alpha value is -3.07. The van der Waals surface area contributed by atoms with Crippen molar-refractivity contribution in [1.29, 1.82) is 0 Å². The van der Waals surface area contributed by atoms with Crippen molar-refractivity contribution in [2.24, 2.45) is 5.10 Å². The SMILES string of the molecule is C=NN(C)c1cccc2c1c1ccccc1n2-c1ccccc1. The highest BCUT2D eigenvalue weighted by atomic mass is 15.4. The molecule has 0 amide bonds. The van der Waals surface area contributed by atoms with E-state index in [0.29, 0.717) is 0 Å². The van der Waals surface area contributed by atoms with E-state index in [4.69, 9.17) is 0 Å². The molecule has 4 aromatic rings. The fraction of sp³-hybridized carbons (Fsp3) is 0.0500. The summed E-state index contributed by atoms with van der Waals surface area (Å²) in [5, 5.41) is 8.31. The standard InChI is InChI=1S/C20H17N3/c1-21-22(2)18-13-8-14-19-20(18)16-11-6-7-12-17(16)23(19)15-9-4-3-5-10-15/h3-14H,1H2,2H3. The van der Waals surface area contributed by atoms with Crippen LogP contribution in [0.2, 0.25) is 0 Å². The first-order chi connectivity index (χ1) is 11.3. The van der Waals surface area contributed by atoms with Gasteiger partial charge in [0.1, 0.15) is 0 Å². The van der Waals surface area contributed by atoms with E-state index >= 15 is 0 Å². The zero-order valence-corrected chi connectivity index (χ0v) is 13.0. The van der Waals surface area contributed by atoms with Crippen LogP contribution in [0.25, 0.3) is 27.5 Å². The van der Waals surface area contributed by atoms with Crippen LogP contribution in [0.1, 0.15) is 0 Å². The summed E-state index contributed by atoms with van der Waals surface area (Å²) in [6.07, 6.45) is 0. The Bertz CT molecular complexity index is 999. The summed E-state index contributed by atoms with van der Waals surface area (Å²) in [4.78, 5) is 0. The number of benzene rings is 3. The van der Waals surface area contributed by atoms with E-state index in [9.17, 15) is 0 Å². The van der Waals surface area contributed by atoms with Crippen molar-refractivity contribution in [2.75, 3.05) is 12.1 Å². The smallest absolute Gasteiger partial charge is 0.0690 e. The van der Waals surface area contributed by atoms with E-state index in [1.54, 1.807) is 0 Å². The molecule has 3 heteroatoms. The van der Waals surface area contributed by atoms with Gasteiger partial charge in [-0.3, -0.25) is 5.01 Å². The quantitative estimate of drug-likeness (QED) is 0.392. The third kappa shape index (κ3) is 2.01. The molecule has 0 saturated carbocycles.